The fraction of sp³-hybridized carbons (Fsp3) is 0.500. The van der Waals surface area contributed by atoms with Gasteiger partial charge in [0, 0.05) is 22.8 Å². The number of piperidine rings is 1. The normalized spacial score (nSPS) is 17.3. The van der Waals surface area contributed by atoms with E-state index in [4.69, 9.17) is 11.6 Å². The molecule has 0 aliphatic carbocycles. The fourth-order valence-electron chi connectivity index (χ4n) is 3.04. The van der Waals surface area contributed by atoms with Crippen LogP contribution in [0.15, 0.2) is 12.1 Å². The Hall–Kier alpha value is -1.39. The van der Waals surface area contributed by atoms with Gasteiger partial charge in [-0.15, -0.1) is 0 Å². The molecule has 1 fully saturated rings. The molecule has 3 heterocycles. The van der Waals surface area contributed by atoms with Gasteiger partial charge in [-0.05, 0) is 64.5 Å². The van der Waals surface area contributed by atoms with Gasteiger partial charge in [0.25, 0.3) is 0 Å². The molecule has 0 unspecified atom stereocenters. The van der Waals surface area contributed by atoms with Gasteiger partial charge in [0.15, 0.2) is 5.65 Å². The number of aromatic nitrogens is 2. The first-order valence-electron chi connectivity index (χ1n) is 7.42. The van der Waals surface area contributed by atoms with Gasteiger partial charge in [0.2, 0.25) is 0 Å². The molecule has 0 spiro atoms. The molecule has 1 N–H and O–H groups in total. The number of hydrogen-bond donors (Lipinski definition) is 1. The third-order valence-corrected chi connectivity index (χ3v) is 4.34. The zero-order valence-electron chi connectivity index (χ0n) is 12.8. The van der Waals surface area contributed by atoms with Gasteiger partial charge in [0.05, 0.1) is 0 Å². The first-order valence-corrected chi connectivity index (χ1v) is 7.80. The smallest absolute Gasteiger partial charge is 0.163 e. The average Bonchev–Trinajstić information content (AvgIpc) is 2.40. The Bertz CT molecular complexity index is 658. The Morgan fingerprint density at radius 2 is 1.90 bits per heavy atom. The summed E-state index contributed by atoms with van der Waals surface area (Å²) in [7, 11) is 2.17. The van der Waals surface area contributed by atoms with E-state index in [0.717, 1.165) is 48.3 Å². The number of aryl methyl sites for hydroxylation is 2. The molecule has 0 aromatic carbocycles. The largest absolute Gasteiger partial charge is 0.382 e. The zero-order chi connectivity index (χ0) is 15.0. The number of hydrogen-bond acceptors (Lipinski definition) is 4. The van der Waals surface area contributed by atoms with Crippen molar-refractivity contribution in [1.29, 1.82) is 0 Å². The molecule has 1 aliphatic rings. The van der Waals surface area contributed by atoms with Crippen LogP contribution in [-0.2, 0) is 0 Å². The number of fused-ring (bicyclic) bond motifs is 1. The summed E-state index contributed by atoms with van der Waals surface area (Å²) in [6.45, 7) is 6.35. The first kappa shape index (κ1) is 14.5. The summed E-state index contributed by atoms with van der Waals surface area (Å²) < 4.78 is 0. The lowest BCUT2D eigenvalue weighted by Gasteiger charge is -2.30. The van der Waals surface area contributed by atoms with Gasteiger partial charge < -0.3 is 10.2 Å². The summed E-state index contributed by atoms with van der Waals surface area (Å²) in [6.07, 6.45) is 2.30. The minimum Gasteiger partial charge on any atom is -0.382 e. The van der Waals surface area contributed by atoms with E-state index in [1.165, 1.54) is 5.56 Å². The summed E-state index contributed by atoms with van der Waals surface area (Å²) >= 11 is 6.17. The number of halogens is 1. The first-order chi connectivity index (χ1) is 10.0. The predicted molar refractivity (Wildman–Crippen MR) is 88.2 cm³/mol. The van der Waals surface area contributed by atoms with E-state index in [0.29, 0.717) is 11.2 Å². The Kier molecular flexibility index (Phi) is 4.00. The van der Waals surface area contributed by atoms with Crippen molar-refractivity contribution in [2.24, 2.45) is 0 Å². The van der Waals surface area contributed by atoms with Crippen LogP contribution in [0.4, 0.5) is 5.69 Å². The number of pyridine rings is 2. The highest BCUT2D eigenvalue weighted by molar-refractivity contribution is 6.30. The quantitative estimate of drug-likeness (QED) is 0.863. The molecule has 0 bridgehead atoms. The highest BCUT2D eigenvalue weighted by Crippen LogP contribution is 2.29. The monoisotopic (exact) mass is 304 g/mol. The summed E-state index contributed by atoms with van der Waals surface area (Å²) in [4.78, 5) is 11.3. The molecule has 2 aromatic rings. The van der Waals surface area contributed by atoms with E-state index in [1.807, 2.05) is 13.0 Å². The van der Waals surface area contributed by atoms with Crippen LogP contribution >= 0.6 is 11.6 Å². The standard InChI is InChI=1S/C16H21ClN4/c1-10-8-11(2)18-16-15(10)13(9-14(17)20-16)19-12-4-6-21(3)7-5-12/h8-9,12H,4-7H2,1-3H3,(H,18,19,20). The lowest BCUT2D eigenvalue weighted by molar-refractivity contribution is 0.264. The predicted octanol–water partition coefficient (Wildman–Crippen LogP) is 3.41. The average molecular weight is 305 g/mol. The molecular formula is C16H21ClN4. The maximum atomic E-state index is 6.17. The van der Waals surface area contributed by atoms with E-state index in [2.05, 4.69) is 40.2 Å². The Morgan fingerprint density at radius 3 is 2.62 bits per heavy atom. The molecule has 5 heteroatoms. The van der Waals surface area contributed by atoms with Crippen molar-refractivity contribution >= 4 is 28.3 Å². The summed E-state index contributed by atoms with van der Waals surface area (Å²) in [5.74, 6) is 0. The maximum absolute atomic E-state index is 6.17. The van der Waals surface area contributed by atoms with Crippen LogP contribution in [0.5, 0.6) is 0 Å². The molecule has 0 radical (unpaired) electrons. The van der Waals surface area contributed by atoms with Crippen molar-refractivity contribution in [2.45, 2.75) is 32.7 Å². The number of nitrogens with zero attached hydrogens (tertiary/aromatic N) is 3. The third-order valence-electron chi connectivity index (χ3n) is 4.15. The number of rotatable bonds is 2. The highest BCUT2D eigenvalue weighted by Gasteiger charge is 2.18. The van der Waals surface area contributed by atoms with E-state index in [1.54, 1.807) is 0 Å². The SMILES string of the molecule is Cc1cc(C)c2c(NC3CCN(C)CC3)cc(Cl)nc2n1. The van der Waals surface area contributed by atoms with Gasteiger partial charge in [-0.3, -0.25) is 0 Å². The van der Waals surface area contributed by atoms with Crippen molar-refractivity contribution in [3.8, 4) is 0 Å². The van der Waals surface area contributed by atoms with E-state index >= 15 is 0 Å². The minimum atomic E-state index is 0.489. The molecule has 1 saturated heterocycles. The minimum absolute atomic E-state index is 0.489. The topological polar surface area (TPSA) is 41.0 Å². The molecule has 3 rings (SSSR count). The molecule has 21 heavy (non-hydrogen) atoms. The molecule has 112 valence electrons. The third kappa shape index (κ3) is 3.11. The van der Waals surface area contributed by atoms with Crippen LogP contribution in [0.3, 0.4) is 0 Å². The van der Waals surface area contributed by atoms with Crippen LogP contribution < -0.4 is 5.32 Å². The molecule has 0 amide bonds. The summed E-state index contributed by atoms with van der Waals surface area (Å²) in [6, 6.07) is 4.51. The van der Waals surface area contributed by atoms with Crippen LogP contribution in [0.2, 0.25) is 5.15 Å². The highest BCUT2D eigenvalue weighted by atomic mass is 35.5. The van der Waals surface area contributed by atoms with Crippen LogP contribution in [0.1, 0.15) is 24.1 Å². The number of anilines is 1. The Morgan fingerprint density at radius 1 is 1.19 bits per heavy atom. The lowest BCUT2D eigenvalue weighted by atomic mass is 10.0. The summed E-state index contributed by atoms with van der Waals surface area (Å²) in [5, 5.41) is 5.24. The van der Waals surface area contributed by atoms with Gasteiger partial charge in [0.1, 0.15) is 5.15 Å². The van der Waals surface area contributed by atoms with E-state index < -0.39 is 0 Å². The van der Waals surface area contributed by atoms with Crippen molar-refractivity contribution in [2.75, 3.05) is 25.5 Å². The second-order valence-electron chi connectivity index (χ2n) is 5.99. The second-order valence-corrected chi connectivity index (χ2v) is 6.38. The lowest BCUT2D eigenvalue weighted by Crippen LogP contribution is -2.36. The molecule has 1 aliphatic heterocycles. The molecule has 0 atom stereocenters. The van der Waals surface area contributed by atoms with Crippen LogP contribution in [0.25, 0.3) is 11.0 Å². The van der Waals surface area contributed by atoms with Gasteiger partial charge in [-0.2, -0.15) is 0 Å². The zero-order valence-corrected chi connectivity index (χ0v) is 13.5. The van der Waals surface area contributed by atoms with Crippen molar-refractivity contribution in [3.63, 3.8) is 0 Å². The fourth-order valence-corrected chi connectivity index (χ4v) is 3.23. The van der Waals surface area contributed by atoms with Gasteiger partial charge in [-0.1, -0.05) is 11.6 Å². The molecule has 4 nitrogen and oxygen atoms in total. The Labute approximate surface area is 130 Å². The number of likely N-dealkylation sites (tertiary alicyclic amines) is 1. The van der Waals surface area contributed by atoms with Crippen molar-refractivity contribution in [3.05, 3.63) is 28.5 Å². The maximum Gasteiger partial charge on any atom is 0.163 e. The molecule has 2 aromatic heterocycles. The van der Waals surface area contributed by atoms with Crippen molar-refractivity contribution < 1.29 is 0 Å². The summed E-state index contributed by atoms with van der Waals surface area (Å²) in [5.41, 5.74) is 3.96. The Balaban J connectivity index is 1.97. The second kappa shape index (κ2) is 5.78. The van der Waals surface area contributed by atoms with Crippen molar-refractivity contribution in [1.82, 2.24) is 14.9 Å². The van der Waals surface area contributed by atoms with Crippen LogP contribution in [-0.4, -0.2) is 41.0 Å². The van der Waals surface area contributed by atoms with Gasteiger partial charge >= 0.3 is 0 Å². The van der Waals surface area contributed by atoms with E-state index in [9.17, 15) is 0 Å². The van der Waals surface area contributed by atoms with E-state index in [-0.39, 0.29) is 0 Å². The molecular weight excluding hydrogens is 284 g/mol. The van der Waals surface area contributed by atoms with Crippen LogP contribution in [0, 0.1) is 13.8 Å². The number of nitrogens with one attached hydrogen (secondary N) is 1. The van der Waals surface area contributed by atoms with Gasteiger partial charge in [-0.25, -0.2) is 9.97 Å². The molecule has 0 saturated carbocycles.